The molecule has 1 unspecified atom stereocenters. The first-order valence-corrected chi connectivity index (χ1v) is 12.8. The number of nitrogens with one attached hydrogen (secondary N) is 1. The van der Waals surface area contributed by atoms with Crippen LogP contribution in [0.25, 0.3) is 0 Å². The van der Waals surface area contributed by atoms with Crippen LogP contribution in [-0.4, -0.2) is 44.2 Å². The van der Waals surface area contributed by atoms with Crippen molar-refractivity contribution < 1.29 is 19.4 Å². The third-order valence-electron chi connectivity index (χ3n) is 5.94. The molecule has 0 fully saturated rings. The molecule has 2 aromatic rings. The van der Waals surface area contributed by atoms with Gasteiger partial charge < -0.3 is 19.9 Å². The van der Waals surface area contributed by atoms with Gasteiger partial charge in [0, 0.05) is 20.1 Å². The summed E-state index contributed by atoms with van der Waals surface area (Å²) in [4.78, 5) is 36.3. The molecular formula is C26H40N4O6. The molecule has 0 amide bonds. The summed E-state index contributed by atoms with van der Waals surface area (Å²) in [6.07, 6.45) is 7.02. The van der Waals surface area contributed by atoms with Crippen LogP contribution in [0.5, 0.6) is 11.5 Å². The molecule has 10 nitrogen and oxygen atoms in total. The Morgan fingerprint density at radius 3 is 2.33 bits per heavy atom. The Kier molecular flexibility index (Phi) is 11.5. The number of anilines is 1. The van der Waals surface area contributed by atoms with Crippen LogP contribution in [0.4, 0.5) is 5.82 Å². The Morgan fingerprint density at radius 1 is 1.03 bits per heavy atom. The number of carboxylic acid groups (broad SMARTS) is 1. The number of carboxylic acids is 1. The molecule has 0 bridgehead atoms. The maximum atomic E-state index is 12.4. The third kappa shape index (κ3) is 8.42. The van der Waals surface area contributed by atoms with E-state index in [0.29, 0.717) is 50.5 Å². The molecule has 0 aliphatic heterocycles. The van der Waals surface area contributed by atoms with E-state index in [1.54, 1.807) is 31.2 Å². The van der Waals surface area contributed by atoms with Crippen molar-refractivity contribution in [3.63, 3.8) is 0 Å². The molecule has 1 aromatic carbocycles. The molecule has 1 aromatic heterocycles. The predicted octanol–water partition coefficient (Wildman–Crippen LogP) is 3.82. The molecule has 1 heterocycles. The van der Waals surface area contributed by atoms with Crippen LogP contribution in [0.2, 0.25) is 0 Å². The van der Waals surface area contributed by atoms with Gasteiger partial charge in [-0.15, -0.1) is 5.10 Å². The van der Waals surface area contributed by atoms with Crippen LogP contribution in [-0.2, 0) is 18.4 Å². The standard InChI is InChI=1S/C26H40N4O6/c1-5-7-8-9-10-18-30-25(34)29(4)23(31)22(28-30)27-17-11-19-35-20-12-14-21(15-13-20)36-26(3,16-6-2)24(32)33/h12-15H,5-11,16-19H2,1-4H3,(H,27,28)(H,32,33). The number of hydrogen-bond donors (Lipinski definition) is 2. The number of hydrogen-bond acceptors (Lipinski definition) is 7. The van der Waals surface area contributed by atoms with Gasteiger partial charge in [-0.1, -0.05) is 46.0 Å². The Bertz CT molecular complexity index is 1080. The van der Waals surface area contributed by atoms with E-state index in [1.165, 1.54) is 18.2 Å². The molecule has 2 N–H and O–H groups in total. The zero-order chi connectivity index (χ0) is 26.6. The summed E-state index contributed by atoms with van der Waals surface area (Å²) in [7, 11) is 1.46. The van der Waals surface area contributed by atoms with E-state index >= 15 is 0 Å². The highest BCUT2D eigenvalue weighted by atomic mass is 16.5. The number of aromatic nitrogens is 3. The summed E-state index contributed by atoms with van der Waals surface area (Å²) in [5, 5.41) is 16.7. The first-order chi connectivity index (χ1) is 17.2. The third-order valence-corrected chi connectivity index (χ3v) is 5.94. The van der Waals surface area contributed by atoms with Crippen molar-refractivity contribution in [2.45, 2.75) is 84.3 Å². The molecule has 2 rings (SSSR count). The fraction of sp³-hybridized carbons (Fsp3) is 0.615. The van der Waals surface area contributed by atoms with E-state index in [0.717, 1.165) is 30.3 Å². The summed E-state index contributed by atoms with van der Waals surface area (Å²) in [5.41, 5.74) is -2.13. The Hall–Kier alpha value is -3.30. The fourth-order valence-electron chi connectivity index (χ4n) is 3.76. The van der Waals surface area contributed by atoms with Gasteiger partial charge in [0.1, 0.15) is 11.5 Å². The number of nitrogens with zero attached hydrogens (tertiary/aromatic N) is 3. The highest BCUT2D eigenvalue weighted by molar-refractivity contribution is 5.77. The minimum Gasteiger partial charge on any atom is -0.494 e. The highest BCUT2D eigenvalue weighted by Gasteiger charge is 2.34. The summed E-state index contributed by atoms with van der Waals surface area (Å²) in [6, 6.07) is 6.82. The van der Waals surface area contributed by atoms with Gasteiger partial charge in [-0.25, -0.2) is 14.3 Å². The lowest BCUT2D eigenvalue weighted by molar-refractivity contribution is -0.154. The Labute approximate surface area is 212 Å². The average Bonchev–Trinajstić information content (AvgIpc) is 2.85. The first-order valence-electron chi connectivity index (χ1n) is 12.8. The minimum absolute atomic E-state index is 0.153. The molecule has 10 heteroatoms. The van der Waals surface area contributed by atoms with Crippen molar-refractivity contribution in [3.05, 3.63) is 45.1 Å². The van der Waals surface area contributed by atoms with Gasteiger partial charge in [0.25, 0.3) is 5.56 Å². The number of rotatable bonds is 17. The molecular weight excluding hydrogens is 464 g/mol. The fourth-order valence-corrected chi connectivity index (χ4v) is 3.76. The molecule has 0 spiro atoms. The average molecular weight is 505 g/mol. The normalized spacial score (nSPS) is 12.7. The van der Waals surface area contributed by atoms with Crippen molar-refractivity contribution in [1.82, 2.24) is 14.3 Å². The highest BCUT2D eigenvalue weighted by Crippen LogP contribution is 2.25. The first kappa shape index (κ1) is 28.9. The van der Waals surface area contributed by atoms with Gasteiger partial charge in [0.05, 0.1) is 6.61 Å². The predicted molar refractivity (Wildman–Crippen MR) is 139 cm³/mol. The van der Waals surface area contributed by atoms with Gasteiger partial charge in [-0.2, -0.15) is 0 Å². The van der Waals surface area contributed by atoms with Crippen LogP contribution in [0, 0.1) is 0 Å². The molecule has 0 aliphatic rings. The summed E-state index contributed by atoms with van der Waals surface area (Å²) >= 11 is 0. The molecule has 0 saturated heterocycles. The van der Waals surface area contributed by atoms with Crippen molar-refractivity contribution in [1.29, 1.82) is 0 Å². The van der Waals surface area contributed by atoms with Crippen LogP contribution < -0.4 is 26.0 Å². The number of benzene rings is 1. The second-order valence-electron chi connectivity index (χ2n) is 9.12. The van der Waals surface area contributed by atoms with Crippen molar-refractivity contribution in [2.24, 2.45) is 7.05 Å². The SMILES string of the molecule is CCCCCCCn1nc(NCCCOc2ccc(OC(C)(CCC)C(=O)O)cc2)c(=O)n(C)c1=O. The van der Waals surface area contributed by atoms with E-state index in [-0.39, 0.29) is 5.82 Å². The van der Waals surface area contributed by atoms with Crippen LogP contribution in [0.3, 0.4) is 0 Å². The van der Waals surface area contributed by atoms with E-state index in [2.05, 4.69) is 17.3 Å². The number of aliphatic carboxylic acids is 1. The zero-order valence-electron chi connectivity index (χ0n) is 21.9. The Morgan fingerprint density at radius 2 is 1.69 bits per heavy atom. The van der Waals surface area contributed by atoms with Gasteiger partial charge >= 0.3 is 11.7 Å². The summed E-state index contributed by atoms with van der Waals surface area (Å²) < 4.78 is 13.9. The topological polar surface area (TPSA) is 125 Å². The van der Waals surface area contributed by atoms with Gasteiger partial charge in [-0.3, -0.25) is 9.36 Å². The van der Waals surface area contributed by atoms with Crippen molar-refractivity contribution in [3.8, 4) is 11.5 Å². The van der Waals surface area contributed by atoms with E-state index in [4.69, 9.17) is 9.47 Å². The van der Waals surface area contributed by atoms with Crippen LogP contribution in [0.15, 0.2) is 33.9 Å². The van der Waals surface area contributed by atoms with E-state index in [1.807, 2.05) is 6.92 Å². The maximum absolute atomic E-state index is 12.4. The second kappa shape index (κ2) is 14.3. The number of ether oxygens (including phenoxy) is 2. The Balaban J connectivity index is 1.84. The molecule has 0 saturated carbocycles. The monoisotopic (exact) mass is 504 g/mol. The van der Waals surface area contributed by atoms with E-state index < -0.39 is 22.8 Å². The largest absolute Gasteiger partial charge is 0.494 e. The second-order valence-corrected chi connectivity index (χ2v) is 9.12. The number of aryl methyl sites for hydroxylation is 1. The van der Waals surface area contributed by atoms with Gasteiger partial charge in [0.15, 0.2) is 0 Å². The van der Waals surface area contributed by atoms with Crippen LogP contribution in [0.1, 0.15) is 72.1 Å². The number of unbranched alkanes of at least 4 members (excludes halogenated alkanes) is 4. The van der Waals surface area contributed by atoms with Gasteiger partial charge in [-0.05, 0) is 50.5 Å². The smallest absolute Gasteiger partial charge is 0.347 e. The quantitative estimate of drug-likeness (QED) is 0.312. The zero-order valence-corrected chi connectivity index (χ0v) is 21.9. The molecule has 0 aliphatic carbocycles. The lowest BCUT2D eigenvalue weighted by Crippen LogP contribution is -2.41. The van der Waals surface area contributed by atoms with Gasteiger partial charge in [0.2, 0.25) is 11.4 Å². The number of carbonyl (C=O) groups is 1. The van der Waals surface area contributed by atoms with E-state index in [9.17, 15) is 19.5 Å². The molecule has 1 atom stereocenters. The summed E-state index contributed by atoms with van der Waals surface area (Å²) in [6.45, 7) is 6.96. The van der Waals surface area contributed by atoms with Crippen LogP contribution >= 0.6 is 0 Å². The summed E-state index contributed by atoms with van der Waals surface area (Å²) in [5.74, 6) is 0.245. The molecule has 0 radical (unpaired) electrons. The maximum Gasteiger partial charge on any atom is 0.347 e. The minimum atomic E-state index is -1.27. The van der Waals surface area contributed by atoms with Crippen molar-refractivity contribution >= 4 is 11.8 Å². The lowest BCUT2D eigenvalue weighted by atomic mass is 10.0. The molecule has 200 valence electrons. The lowest BCUT2D eigenvalue weighted by Gasteiger charge is -2.26. The van der Waals surface area contributed by atoms with Crippen molar-refractivity contribution in [2.75, 3.05) is 18.5 Å². The molecule has 36 heavy (non-hydrogen) atoms.